The molecular weight excluding hydrogens is 803 g/mol. The minimum Gasteiger partial charge on any atom is -0.345 e. The summed E-state index contributed by atoms with van der Waals surface area (Å²) >= 11 is 0. The average Bonchev–Trinajstić information content (AvgIpc) is 3.65. The second-order valence-electron chi connectivity index (χ2n) is 22.9. The monoisotopic (exact) mass is 880 g/mol. The third-order valence-corrected chi connectivity index (χ3v) is 20.1. The van der Waals surface area contributed by atoms with E-state index in [0.29, 0.717) is 38.5 Å². The van der Waals surface area contributed by atoms with Crippen molar-refractivity contribution in [2.24, 2.45) is 44.8 Å². The number of allylic oxidation sites excluding steroid dienone is 1. The molecule has 8 aliphatic rings. The van der Waals surface area contributed by atoms with Crippen LogP contribution >= 0.6 is 0 Å². The number of carbonyl (C=O) groups excluding carboxylic acids is 5. The Hall–Kier alpha value is -2.64. The van der Waals surface area contributed by atoms with Gasteiger partial charge < -0.3 is 10.2 Å². The number of piperidine rings is 1. The molecule has 0 aromatic heterocycles. The van der Waals surface area contributed by atoms with Crippen molar-refractivity contribution >= 4 is 39.5 Å². The second-order valence-corrected chi connectivity index (χ2v) is 24.5. The average molecular weight is 880 g/mol. The number of nitrogens with one attached hydrogen (secondary N) is 2. The molecule has 0 unspecified atom stereocenters. The number of rotatable bonds is 15. The van der Waals surface area contributed by atoms with Gasteiger partial charge in [-0.3, -0.25) is 28.9 Å². The zero-order valence-electron chi connectivity index (χ0n) is 38.6. The molecule has 0 radical (unpaired) electrons. The van der Waals surface area contributed by atoms with Gasteiger partial charge in [0.1, 0.15) is 0 Å². The Morgan fingerprint density at radius 2 is 1.42 bits per heavy atom. The highest BCUT2D eigenvalue weighted by Gasteiger charge is 2.85. The van der Waals surface area contributed by atoms with Crippen molar-refractivity contribution in [3.05, 3.63) is 12.7 Å². The van der Waals surface area contributed by atoms with Crippen LogP contribution in [0.3, 0.4) is 0 Å². The molecule has 0 bridgehead atoms. The number of ketones is 2. The molecule has 8 rings (SSSR count). The number of hydrogen-bond acceptors (Lipinski definition) is 8. The van der Waals surface area contributed by atoms with Crippen LogP contribution in [0.15, 0.2) is 12.7 Å². The van der Waals surface area contributed by atoms with E-state index in [2.05, 4.69) is 35.4 Å². The Balaban J connectivity index is 1.05. The van der Waals surface area contributed by atoms with Crippen LogP contribution in [0.2, 0.25) is 0 Å². The lowest BCUT2D eigenvalue weighted by atomic mass is 9.73. The molecule has 3 saturated heterocycles. The number of fused-ring (bicyclic) bond motifs is 1. The molecule has 3 aliphatic heterocycles. The SMILES string of the molecule is C=C[C@@H]1C[C@]1(CC(=O)[C@@H]1C[C@@]2(CN1C(=O)[C@@H](CC(=O)[C@@H](NC(=O)[C@@H]1CCCCN1C1CCCC1)C1CCCCC1)C(C)(C)C)C(C)(C)C21CCC1)C(=O)NS(=O)(=O)N1CCCC1. The van der Waals surface area contributed by atoms with Crippen molar-refractivity contribution in [3.8, 4) is 0 Å². The Kier molecular flexibility index (Phi) is 12.6. The molecule has 8 fully saturated rings. The maximum absolute atomic E-state index is 15.5. The maximum atomic E-state index is 15.5. The van der Waals surface area contributed by atoms with Crippen LogP contribution in [0, 0.1) is 44.8 Å². The third kappa shape index (κ3) is 7.85. The fourth-order valence-corrected chi connectivity index (χ4v) is 15.6. The summed E-state index contributed by atoms with van der Waals surface area (Å²) in [6.07, 6.45) is 19.3. The Morgan fingerprint density at radius 1 is 0.790 bits per heavy atom. The topological polar surface area (TPSA) is 153 Å². The van der Waals surface area contributed by atoms with E-state index in [4.69, 9.17) is 0 Å². The molecule has 7 atom stereocenters. The zero-order chi connectivity index (χ0) is 44.5. The summed E-state index contributed by atoms with van der Waals surface area (Å²) in [6, 6.07) is -1.29. The molecular formula is C49H77N5O7S. The second kappa shape index (κ2) is 17.0. The van der Waals surface area contributed by atoms with Crippen LogP contribution in [0.1, 0.15) is 169 Å². The van der Waals surface area contributed by atoms with Gasteiger partial charge in [0, 0.05) is 49.9 Å². The van der Waals surface area contributed by atoms with E-state index in [1.165, 1.54) is 17.1 Å². The summed E-state index contributed by atoms with van der Waals surface area (Å²) in [6.45, 7) is 16.5. The number of Topliss-reactive ketones (excluding diaryl/α,β-unsaturated/α-hetero) is 2. The van der Waals surface area contributed by atoms with Gasteiger partial charge in [-0.2, -0.15) is 12.7 Å². The molecule has 13 heteroatoms. The van der Waals surface area contributed by atoms with E-state index in [9.17, 15) is 27.6 Å². The van der Waals surface area contributed by atoms with Gasteiger partial charge in [-0.25, -0.2) is 4.72 Å². The fraction of sp³-hybridized carbons (Fsp3) is 0.857. The van der Waals surface area contributed by atoms with Crippen molar-refractivity contribution in [2.45, 2.75) is 194 Å². The third-order valence-electron chi connectivity index (χ3n) is 18.6. The van der Waals surface area contributed by atoms with Gasteiger partial charge in [0.15, 0.2) is 11.6 Å². The summed E-state index contributed by atoms with van der Waals surface area (Å²) in [5.41, 5.74) is -2.21. The molecule has 346 valence electrons. The van der Waals surface area contributed by atoms with Crippen LogP contribution in [0.4, 0.5) is 0 Å². The quantitative estimate of drug-likeness (QED) is 0.169. The van der Waals surface area contributed by atoms with Crippen molar-refractivity contribution in [3.63, 3.8) is 0 Å². The number of likely N-dealkylation sites (tertiary alicyclic amines) is 2. The van der Waals surface area contributed by atoms with Crippen molar-refractivity contribution < 1.29 is 32.4 Å². The van der Waals surface area contributed by atoms with Crippen molar-refractivity contribution in [1.82, 2.24) is 24.1 Å². The molecule has 5 aliphatic carbocycles. The summed E-state index contributed by atoms with van der Waals surface area (Å²) < 4.78 is 30.1. The largest absolute Gasteiger partial charge is 0.345 e. The number of carbonyl (C=O) groups is 5. The first-order valence-corrected chi connectivity index (χ1v) is 26.1. The molecule has 0 aromatic carbocycles. The van der Waals surface area contributed by atoms with Gasteiger partial charge in [0.2, 0.25) is 17.7 Å². The lowest BCUT2D eigenvalue weighted by Crippen LogP contribution is -2.57. The van der Waals surface area contributed by atoms with E-state index in [1.807, 2.05) is 20.8 Å². The highest BCUT2D eigenvalue weighted by atomic mass is 32.2. The number of hydrogen-bond donors (Lipinski definition) is 2. The first-order valence-electron chi connectivity index (χ1n) is 24.7. The maximum Gasteiger partial charge on any atom is 0.303 e. The minimum atomic E-state index is -4.06. The van der Waals surface area contributed by atoms with E-state index in [1.54, 1.807) is 11.0 Å². The van der Waals surface area contributed by atoms with E-state index in [-0.39, 0.29) is 70.3 Å². The highest BCUT2D eigenvalue weighted by Crippen LogP contribution is 2.88. The van der Waals surface area contributed by atoms with Gasteiger partial charge in [-0.1, -0.05) is 85.6 Å². The fourth-order valence-electron chi connectivity index (χ4n) is 14.3. The van der Waals surface area contributed by atoms with Gasteiger partial charge >= 0.3 is 10.2 Å². The lowest BCUT2D eigenvalue weighted by Gasteiger charge is -2.40. The lowest BCUT2D eigenvalue weighted by molar-refractivity contribution is -0.147. The Morgan fingerprint density at radius 3 is 2.00 bits per heavy atom. The molecule has 3 amide bonds. The van der Waals surface area contributed by atoms with Gasteiger partial charge in [-0.15, -0.1) is 6.58 Å². The van der Waals surface area contributed by atoms with Gasteiger partial charge in [0.25, 0.3) is 0 Å². The molecule has 62 heavy (non-hydrogen) atoms. The predicted molar refractivity (Wildman–Crippen MR) is 239 cm³/mol. The van der Waals surface area contributed by atoms with Crippen LogP contribution in [0.5, 0.6) is 0 Å². The van der Waals surface area contributed by atoms with Crippen molar-refractivity contribution in [2.75, 3.05) is 26.2 Å². The van der Waals surface area contributed by atoms with Crippen molar-refractivity contribution in [1.29, 1.82) is 0 Å². The van der Waals surface area contributed by atoms with Gasteiger partial charge in [0.05, 0.1) is 23.5 Å². The highest BCUT2D eigenvalue weighted by molar-refractivity contribution is 7.87. The molecule has 12 nitrogen and oxygen atoms in total. The van der Waals surface area contributed by atoms with Gasteiger partial charge in [-0.05, 0) is 112 Å². The number of nitrogens with zero attached hydrogens (tertiary/aromatic N) is 3. The Labute approximate surface area is 372 Å². The molecule has 2 N–H and O–H groups in total. The van der Waals surface area contributed by atoms with Crippen LogP contribution < -0.4 is 10.0 Å². The minimum absolute atomic E-state index is 0.0162. The molecule has 3 heterocycles. The normalized spacial score (nSPS) is 33.5. The molecule has 2 spiro atoms. The predicted octanol–water partition coefficient (Wildman–Crippen LogP) is 6.88. The van der Waals surface area contributed by atoms with E-state index < -0.39 is 44.9 Å². The summed E-state index contributed by atoms with van der Waals surface area (Å²) in [5, 5.41) is 3.35. The first-order chi connectivity index (χ1) is 29.3. The summed E-state index contributed by atoms with van der Waals surface area (Å²) in [7, 11) is -4.06. The molecule has 5 saturated carbocycles. The standard InChI is InChI=1S/C49H77N5O7S/c1-7-34-29-47(34,44(59)51-62(60,61)52-25-15-16-26-52)31-40(56)38-30-49(46(5,6)48(49)23-17-24-48)32-54(38)43(58)36(45(2,3)4)28-39(55)41(33-18-9-8-10-19-33)50-42(57)37-22-13-14-27-53(37)35-20-11-12-21-35/h7,33-38,41H,1,8-32H2,2-6H3,(H,50,57)(H,51,59)/t34-,36-,37+,38+,41+,47-,49-/m1/s1. The summed E-state index contributed by atoms with van der Waals surface area (Å²) in [5.74, 6) is -2.34. The number of amides is 3. The molecule has 0 aromatic rings. The smallest absolute Gasteiger partial charge is 0.303 e. The summed E-state index contributed by atoms with van der Waals surface area (Å²) in [4.78, 5) is 78.0. The van der Waals surface area contributed by atoms with Crippen LogP contribution in [-0.2, 0) is 34.2 Å². The Bertz CT molecular complexity index is 1890. The van der Waals surface area contributed by atoms with Crippen LogP contribution in [-0.4, -0.2) is 102 Å². The van der Waals surface area contributed by atoms with Crippen LogP contribution in [0.25, 0.3) is 0 Å². The first kappa shape index (κ1) is 45.9. The van der Waals surface area contributed by atoms with E-state index >= 15 is 4.79 Å². The zero-order valence-corrected chi connectivity index (χ0v) is 39.4. The van der Waals surface area contributed by atoms with E-state index in [0.717, 1.165) is 103 Å².